The number of hydrogen-bond donors (Lipinski definition) is 0. The normalized spacial score (nSPS) is 11.8. The molecule has 196 valence electrons. The van der Waals surface area contributed by atoms with Crippen LogP contribution in [0.1, 0.15) is 0 Å². The van der Waals surface area contributed by atoms with E-state index >= 15 is 0 Å². The van der Waals surface area contributed by atoms with Crippen molar-refractivity contribution >= 4 is 54.6 Å². The first-order chi connectivity index (χ1) is 20.8. The molecular weight excluding hydrogens is 514 g/mol. The van der Waals surface area contributed by atoms with Crippen LogP contribution < -0.4 is 0 Å². The highest BCUT2D eigenvalue weighted by atomic mass is 16.3. The Morgan fingerprint density at radius 3 is 2.00 bits per heavy atom. The van der Waals surface area contributed by atoms with E-state index in [1.807, 2.05) is 6.07 Å². The first kappa shape index (κ1) is 23.0. The molecule has 42 heavy (non-hydrogen) atoms. The van der Waals surface area contributed by atoms with Gasteiger partial charge in [0, 0.05) is 22.0 Å². The van der Waals surface area contributed by atoms with E-state index in [1.165, 1.54) is 21.8 Å². The van der Waals surface area contributed by atoms with E-state index in [0.29, 0.717) is 5.58 Å². The van der Waals surface area contributed by atoms with Gasteiger partial charge < -0.3 is 8.98 Å². The van der Waals surface area contributed by atoms with Crippen LogP contribution >= 0.6 is 0 Å². The van der Waals surface area contributed by atoms with Crippen molar-refractivity contribution in [2.45, 2.75) is 0 Å². The van der Waals surface area contributed by atoms with Gasteiger partial charge in [-0.1, -0.05) is 97.1 Å². The average molecular weight is 538 g/mol. The van der Waals surface area contributed by atoms with Gasteiger partial charge in [0.15, 0.2) is 5.58 Å². The Hall–Kier alpha value is -5.74. The molecule has 0 aliphatic carbocycles. The predicted molar refractivity (Wildman–Crippen MR) is 172 cm³/mol. The summed E-state index contributed by atoms with van der Waals surface area (Å²) in [6.07, 6.45) is 1.64. The van der Waals surface area contributed by atoms with E-state index in [2.05, 4.69) is 137 Å². The monoisotopic (exact) mass is 537 g/mol. The topological polar surface area (TPSA) is 43.9 Å². The maximum absolute atomic E-state index is 6.41. The largest absolute Gasteiger partial charge is 0.452 e. The number of fused-ring (bicyclic) bond motifs is 8. The molecule has 0 N–H and O–H groups in total. The Morgan fingerprint density at radius 2 is 1.19 bits per heavy atom. The Kier molecular flexibility index (Phi) is 4.87. The fourth-order valence-corrected chi connectivity index (χ4v) is 6.42. The summed E-state index contributed by atoms with van der Waals surface area (Å²) < 4.78 is 8.77. The van der Waals surface area contributed by atoms with Gasteiger partial charge in [-0.05, 0) is 58.3 Å². The minimum absolute atomic E-state index is 0.708. The van der Waals surface area contributed by atoms with Gasteiger partial charge in [0.25, 0.3) is 0 Å². The summed E-state index contributed by atoms with van der Waals surface area (Å²) in [6, 6.07) is 47.0. The molecule has 6 aromatic carbocycles. The van der Waals surface area contributed by atoms with Crippen molar-refractivity contribution in [2.75, 3.05) is 0 Å². The molecule has 0 amide bonds. The van der Waals surface area contributed by atoms with Gasteiger partial charge in [0.1, 0.15) is 23.1 Å². The zero-order valence-corrected chi connectivity index (χ0v) is 22.5. The Labute approximate surface area is 241 Å². The lowest BCUT2D eigenvalue weighted by molar-refractivity contribution is 0.667. The third kappa shape index (κ3) is 3.36. The molecule has 0 radical (unpaired) electrons. The van der Waals surface area contributed by atoms with E-state index in [1.54, 1.807) is 6.33 Å². The van der Waals surface area contributed by atoms with E-state index < -0.39 is 0 Å². The molecular formula is C38H23N3O. The number of furan rings is 1. The molecule has 4 nitrogen and oxygen atoms in total. The predicted octanol–water partition coefficient (Wildman–Crippen LogP) is 9.96. The van der Waals surface area contributed by atoms with Crippen molar-refractivity contribution in [3.05, 3.63) is 140 Å². The molecule has 3 aromatic heterocycles. The lowest BCUT2D eigenvalue weighted by atomic mass is 10.0. The Balaban J connectivity index is 1.20. The van der Waals surface area contributed by atoms with Gasteiger partial charge in [-0.15, -0.1) is 0 Å². The van der Waals surface area contributed by atoms with Gasteiger partial charge in [-0.3, -0.25) is 0 Å². The summed E-state index contributed by atoms with van der Waals surface area (Å²) in [4.78, 5) is 9.37. The SMILES string of the molecule is c1cc(-c2cccc(-n3c4ccccc4c4ccccc43)c2)cc(-c2ncnc3c2oc2ccc4ccccc4c23)c1. The first-order valence-electron chi connectivity index (χ1n) is 14.1. The highest BCUT2D eigenvalue weighted by Crippen LogP contribution is 2.38. The minimum Gasteiger partial charge on any atom is -0.452 e. The first-order valence-corrected chi connectivity index (χ1v) is 14.1. The number of nitrogens with zero attached hydrogens (tertiary/aromatic N) is 3. The molecule has 0 spiro atoms. The molecule has 0 saturated carbocycles. The van der Waals surface area contributed by atoms with Crippen LogP contribution in [0, 0.1) is 0 Å². The van der Waals surface area contributed by atoms with Crippen LogP contribution in [0.15, 0.2) is 144 Å². The van der Waals surface area contributed by atoms with Crippen molar-refractivity contribution in [3.63, 3.8) is 0 Å². The molecule has 0 aliphatic heterocycles. The number of para-hydroxylation sites is 2. The summed E-state index contributed by atoms with van der Waals surface area (Å²) in [5.74, 6) is 0. The maximum Gasteiger partial charge on any atom is 0.180 e. The summed E-state index contributed by atoms with van der Waals surface area (Å²) in [5, 5.41) is 5.84. The number of benzene rings is 6. The summed E-state index contributed by atoms with van der Waals surface area (Å²) in [6.45, 7) is 0. The van der Waals surface area contributed by atoms with Gasteiger partial charge in [0.05, 0.1) is 16.4 Å². The quantitative estimate of drug-likeness (QED) is 0.225. The average Bonchev–Trinajstić information content (AvgIpc) is 3.61. The third-order valence-corrected chi connectivity index (χ3v) is 8.30. The maximum atomic E-state index is 6.41. The zero-order chi connectivity index (χ0) is 27.6. The second-order valence-corrected chi connectivity index (χ2v) is 10.7. The molecule has 0 bridgehead atoms. The fraction of sp³-hybridized carbons (Fsp3) is 0. The van der Waals surface area contributed by atoms with Gasteiger partial charge in [-0.25, -0.2) is 9.97 Å². The molecule has 0 aliphatic rings. The Bertz CT molecular complexity index is 2430. The van der Waals surface area contributed by atoms with Crippen molar-refractivity contribution in [1.29, 1.82) is 0 Å². The highest BCUT2D eigenvalue weighted by molar-refractivity contribution is 6.18. The smallest absolute Gasteiger partial charge is 0.180 e. The molecule has 0 saturated heterocycles. The van der Waals surface area contributed by atoms with E-state index in [4.69, 9.17) is 9.40 Å². The zero-order valence-electron chi connectivity index (χ0n) is 22.5. The van der Waals surface area contributed by atoms with Gasteiger partial charge in [0.2, 0.25) is 0 Å². The van der Waals surface area contributed by atoms with Crippen molar-refractivity contribution < 1.29 is 4.42 Å². The van der Waals surface area contributed by atoms with E-state index in [0.717, 1.165) is 55.3 Å². The van der Waals surface area contributed by atoms with E-state index in [-0.39, 0.29) is 0 Å². The molecule has 4 heteroatoms. The van der Waals surface area contributed by atoms with E-state index in [9.17, 15) is 0 Å². The summed E-state index contributed by atoms with van der Waals surface area (Å²) in [5.41, 5.74) is 9.93. The van der Waals surface area contributed by atoms with Crippen LogP contribution in [0.3, 0.4) is 0 Å². The second-order valence-electron chi connectivity index (χ2n) is 10.7. The van der Waals surface area contributed by atoms with Crippen LogP contribution in [-0.4, -0.2) is 14.5 Å². The van der Waals surface area contributed by atoms with Crippen LogP contribution in [0.5, 0.6) is 0 Å². The van der Waals surface area contributed by atoms with Crippen LogP contribution in [0.25, 0.3) is 82.7 Å². The lowest BCUT2D eigenvalue weighted by Gasteiger charge is -2.11. The summed E-state index contributed by atoms with van der Waals surface area (Å²) in [7, 11) is 0. The molecule has 3 heterocycles. The number of hydrogen-bond acceptors (Lipinski definition) is 3. The van der Waals surface area contributed by atoms with Crippen molar-refractivity contribution in [3.8, 4) is 28.1 Å². The van der Waals surface area contributed by atoms with Gasteiger partial charge >= 0.3 is 0 Å². The lowest BCUT2D eigenvalue weighted by Crippen LogP contribution is -1.94. The van der Waals surface area contributed by atoms with Crippen LogP contribution in [0.4, 0.5) is 0 Å². The molecule has 9 aromatic rings. The van der Waals surface area contributed by atoms with Gasteiger partial charge in [-0.2, -0.15) is 0 Å². The molecule has 0 unspecified atom stereocenters. The highest BCUT2D eigenvalue weighted by Gasteiger charge is 2.17. The second kappa shape index (κ2) is 8.88. The minimum atomic E-state index is 0.708. The van der Waals surface area contributed by atoms with Crippen molar-refractivity contribution in [2.24, 2.45) is 0 Å². The Morgan fingerprint density at radius 1 is 0.524 bits per heavy atom. The number of rotatable bonds is 3. The standard InChI is InChI=1S/C38H23N3O/c1-2-14-29-24(9-1)19-20-34-35(29)37-38(42-34)36(39-23-40-37)27-12-7-10-25(21-27)26-11-8-13-28(22-26)41-32-17-5-3-15-30(32)31-16-4-6-18-33(31)41/h1-23H. The molecule has 0 fully saturated rings. The fourth-order valence-electron chi connectivity index (χ4n) is 6.42. The molecule has 9 rings (SSSR count). The van der Waals surface area contributed by atoms with Crippen molar-refractivity contribution in [1.82, 2.24) is 14.5 Å². The molecule has 0 atom stereocenters. The van der Waals surface area contributed by atoms with Crippen LogP contribution in [0.2, 0.25) is 0 Å². The number of aromatic nitrogens is 3. The third-order valence-electron chi connectivity index (χ3n) is 8.30. The summed E-state index contributed by atoms with van der Waals surface area (Å²) >= 11 is 0. The van der Waals surface area contributed by atoms with Crippen LogP contribution in [-0.2, 0) is 0 Å².